The first-order valence-electron chi connectivity index (χ1n) is 7.40. The number of nitrogens with zero attached hydrogens (tertiary/aromatic N) is 1. The molecular weight excluding hydrogens is 294 g/mol. The molecule has 1 aromatic heterocycles. The standard InChI is InChI=1S/C19H18ClNO/c1-12(2)19-16(11-22)18(13-7-9-14(20)10-8-13)15-5-3-4-6-17(15)21-19/h3-10,12,22H,11H2,1-2H3. The highest BCUT2D eigenvalue weighted by molar-refractivity contribution is 6.30. The molecule has 0 atom stereocenters. The van der Waals surface area contributed by atoms with Gasteiger partial charge in [-0.3, -0.25) is 4.98 Å². The fraction of sp³-hybridized carbons (Fsp3) is 0.211. The van der Waals surface area contributed by atoms with Crippen LogP contribution in [0.3, 0.4) is 0 Å². The van der Waals surface area contributed by atoms with Gasteiger partial charge in [0.25, 0.3) is 0 Å². The Kier molecular flexibility index (Phi) is 4.14. The molecule has 1 heterocycles. The minimum atomic E-state index is -0.0245. The van der Waals surface area contributed by atoms with Crippen molar-refractivity contribution in [3.05, 3.63) is 64.8 Å². The van der Waals surface area contributed by atoms with Crippen LogP contribution in [0.1, 0.15) is 31.0 Å². The zero-order valence-electron chi connectivity index (χ0n) is 12.7. The molecule has 112 valence electrons. The molecular formula is C19H18ClNO. The Morgan fingerprint density at radius 2 is 1.73 bits per heavy atom. The van der Waals surface area contributed by atoms with Crippen molar-refractivity contribution in [2.24, 2.45) is 0 Å². The van der Waals surface area contributed by atoms with E-state index in [1.54, 1.807) is 0 Å². The molecule has 0 radical (unpaired) electrons. The highest BCUT2D eigenvalue weighted by Crippen LogP contribution is 2.35. The predicted octanol–water partition coefficient (Wildman–Crippen LogP) is 5.17. The lowest BCUT2D eigenvalue weighted by atomic mass is 9.91. The summed E-state index contributed by atoms with van der Waals surface area (Å²) in [6.07, 6.45) is 0. The molecule has 0 aliphatic heterocycles. The van der Waals surface area contributed by atoms with Crippen molar-refractivity contribution in [2.75, 3.05) is 0 Å². The van der Waals surface area contributed by atoms with Gasteiger partial charge in [-0.25, -0.2) is 0 Å². The number of hydrogen-bond donors (Lipinski definition) is 1. The average Bonchev–Trinajstić information content (AvgIpc) is 2.53. The topological polar surface area (TPSA) is 33.1 Å². The molecule has 0 aliphatic rings. The summed E-state index contributed by atoms with van der Waals surface area (Å²) in [4.78, 5) is 4.76. The Hall–Kier alpha value is -1.90. The van der Waals surface area contributed by atoms with Crippen LogP contribution in [0.2, 0.25) is 5.02 Å². The Morgan fingerprint density at radius 1 is 1.05 bits per heavy atom. The van der Waals surface area contributed by atoms with Crippen LogP contribution in [0.4, 0.5) is 0 Å². The molecule has 0 amide bonds. The van der Waals surface area contributed by atoms with E-state index < -0.39 is 0 Å². The van der Waals surface area contributed by atoms with Gasteiger partial charge in [0.1, 0.15) is 0 Å². The third kappa shape index (κ3) is 2.60. The average molecular weight is 312 g/mol. The summed E-state index contributed by atoms with van der Waals surface area (Å²) in [5.41, 5.74) is 4.90. The zero-order valence-corrected chi connectivity index (χ0v) is 13.4. The van der Waals surface area contributed by atoms with Crippen molar-refractivity contribution < 1.29 is 5.11 Å². The van der Waals surface area contributed by atoms with Crippen LogP contribution >= 0.6 is 11.6 Å². The van der Waals surface area contributed by atoms with Crippen LogP contribution in [-0.2, 0) is 6.61 Å². The van der Waals surface area contributed by atoms with Crippen LogP contribution < -0.4 is 0 Å². The number of pyridine rings is 1. The van der Waals surface area contributed by atoms with E-state index in [0.717, 1.165) is 33.3 Å². The minimum absolute atomic E-state index is 0.0245. The maximum absolute atomic E-state index is 9.96. The molecule has 0 saturated heterocycles. The maximum atomic E-state index is 9.96. The number of hydrogen-bond acceptors (Lipinski definition) is 2. The Balaban J connectivity index is 2.41. The van der Waals surface area contributed by atoms with Gasteiger partial charge in [-0.05, 0) is 35.2 Å². The molecule has 3 rings (SSSR count). The molecule has 0 aliphatic carbocycles. The summed E-state index contributed by atoms with van der Waals surface area (Å²) in [5.74, 6) is 0.248. The number of benzene rings is 2. The summed E-state index contributed by atoms with van der Waals surface area (Å²) in [7, 11) is 0. The Morgan fingerprint density at radius 3 is 2.36 bits per heavy atom. The first kappa shape index (κ1) is 15.0. The van der Waals surface area contributed by atoms with Gasteiger partial charge in [-0.1, -0.05) is 55.8 Å². The van der Waals surface area contributed by atoms with Gasteiger partial charge in [-0.15, -0.1) is 0 Å². The van der Waals surface area contributed by atoms with E-state index in [-0.39, 0.29) is 12.5 Å². The third-order valence-corrected chi connectivity index (χ3v) is 4.12. The van der Waals surface area contributed by atoms with Crippen LogP contribution in [0.5, 0.6) is 0 Å². The van der Waals surface area contributed by atoms with Gasteiger partial charge in [0.15, 0.2) is 0 Å². The van der Waals surface area contributed by atoms with E-state index in [0.29, 0.717) is 5.02 Å². The highest BCUT2D eigenvalue weighted by atomic mass is 35.5. The summed E-state index contributed by atoms with van der Waals surface area (Å²) in [6, 6.07) is 15.8. The summed E-state index contributed by atoms with van der Waals surface area (Å²) >= 11 is 6.01. The first-order valence-corrected chi connectivity index (χ1v) is 7.78. The van der Waals surface area contributed by atoms with E-state index in [2.05, 4.69) is 19.9 Å². The second-order valence-corrected chi connectivity index (χ2v) is 6.12. The lowest BCUT2D eigenvalue weighted by Crippen LogP contribution is -2.04. The molecule has 2 nitrogen and oxygen atoms in total. The van der Waals surface area contributed by atoms with Gasteiger partial charge in [0.2, 0.25) is 0 Å². The fourth-order valence-electron chi connectivity index (χ4n) is 2.85. The van der Waals surface area contributed by atoms with Crippen molar-refractivity contribution in [3.8, 4) is 11.1 Å². The molecule has 0 fully saturated rings. The Labute approximate surface area is 135 Å². The summed E-state index contributed by atoms with van der Waals surface area (Å²) in [6.45, 7) is 4.17. The fourth-order valence-corrected chi connectivity index (χ4v) is 2.98. The van der Waals surface area contributed by atoms with Gasteiger partial charge in [0, 0.05) is 21.7 Å². The van der Waals surface area contributed by atoms with Crippen molar-refractivity contribution >= 4 is 22.5 Å². The normalized spacial score (nSPS) is 11.3. The van der Waals surface area contributed by atoms with Gasteiger partial charge in [-0.2, -0.15) is 0 Å². The minimum Gasteiger partial charge on any atom is -0.392 e. The Bertz CT molecular complexity index is 810. The van der Waals surface area contributed by atoms with Crippen molar-refractivity contribution in [3.63, 3.8) is 0 Å². The van der Waals surface area contributed by atoms with Crippen molar-refractivity contribution in [1.82, 2.24) is 4.98 Å². The number of fused-ring (bicyclic) bond motifs is 1. The van der Waals surface area contributed by atoms with E-state index in [1.165, 1.54) is 0 Å². The molecule has 0 unspecified atom stereocenters. The second-order valence-electron chi connectivity index (χ2n) is 5.69. The van der Waals surface area contributed by atoms with Gasteiger partial charge in [0.05, 0.1) is 12.1 Å². The second kappa shape index (κ2) is 6.07. The van der Waals surface area contributed by atoms with E-state index in [9.17, 15) is 5.11 Å². The lowest BCUT2D eigenvalue weighted by molar-refractivity contribution is 0.280. The summed E-state index contributed by atoms with van der Waals surface area (Å²) < 4.78 is 0. The van der Waals surface area contributed by atoms with E-state index >= 15 is 0 Å². The van der Waals surface area contributed by atoms with Crippen LogP contribution in [0, 0.1) is 0 Å². The van der Waals surface area contributed by atoms with Gasteiger partial charge >= 0.3 is 0 Å². The molecule has 0 spiro atoms. The number of aromatic nitrogens is 1. The molecule has 1 N–H and O–H groups in total. The molecule has 0 bridgehead atoms. The highest BCUT2D eigenvalue weighted by Gasteiger charge is 2.17. The van der Waals surface area contributed by atoms with Crippen molar-refractivity contribution in [2.45, 2.75) is 26.4 Å². The van der Waals surface area contributed by atoms with Crippen LogP contribution in [-0.4, -0.2) is 10.1 Å². The quantitative estimate of drug-likeness (QED) is 0.723. The monoisotopic (exact) mass is 311 g/mol. The van der Waals surface area contributed by atoms with E-state index in [4.69, 9.17) is 16.6 Å². The number of rotatable bonds is 3. The van der Waals surface area contributed by atoms with Crippen molar-refractivity contribution in [1.29, 1.82) is 0 Å². The smallest absolute Gasteiger partial charge is 0.0711 e. The number of aliphatic hydroxyl groups excluding tert-OH is 1. The van der Waals surface area contributed by atoms with Gasteiger partial charge < -0.3 is 5.11 Å². The number of aliphatic hydroxyl groups is 1. The largest absolute Gasteiger partial charge is 0.392 e. The third-order valence-electron chi connectivity index (χ3n) is 3.86. The molecule has 3 aromatic rings. The molecule has 0 saturated carbocycles. The van der Waals surface area contributed by atoms with Crippen LogP contribution in [0.15, 0.2) is 48.5 Å². The SMILES string of the molecule is CC(C)c1nc2ccccc2c(-c2ccc(Cl)cc2)c1CO. The number of para-hydroxylation sites is 1. The lowest BCUT2D eigenvalue weighted by Gasteiger charge is -2.18. The molecule has 3 heteroatoms. The molecule has 2 aromatic carbocycles. The maximum Gasteiger partial charge on any atom is 0.0711 e. The zero-order chi connectivity index (χ0) is 15.7. The van der Waals surface area contributed by atoms with Crippen LogP contribution in [0.25, 0.3) is 22.0 Å². The van der Waals surface area contributed by atoms with E-state index in [1.807, 2.05) is 42.5 Å². The predicted molar refractivity (Wildman–Crippen MR) is 92.2 cm³/mol. The first-order chi connectivity index (χ1) is 10.6. The number of halogens is 1. The summed E-state index contributed by atoms with van der Waals surface area (Å²) in [5, 5.41) is 11.7. The molecule has 22 heavy (non-hydrogen) atoms.